The van der Waals surface area contributed by atoms with Crippen LogP contribution in [-0.2, 0) is 32.5 Å². The summed E-state index contributed by atoms with van der Waals surface area (Å²) in [5.41, 5.74) is 6.85. The third-order valence-corrected chi connectivity index (χ3v) is 9.92. The molecule has 0 aliphatic rings. The highest BCUT2D eigenvalue weighted by Gasteiger charge is 2.32. The molecule has 0 radical (unpaired) electrons. The van der Waals surface area contributed by atoms with E-state index in [1.54, 1.807) is 18.7 Å². The average molecular weight is 715 g/mol. The van der Waals surface area contributed by atoms with Gasteiger partial charge in [-0.25, -0.2) is 4.98 Å². The number of rotatable bonds is 6. The van der Waals surface area contributed by atoms with E-state index in [1.807, 2.05) is 0 Å². The van der Waals surface area contributed by atoms with Gasteiger partial charge in [-0.2, -0.15) is 0 Å². The van der Waals surface area contributed by atoms with Crippen LogP contribution in [0.4, 0.5) is 0 Å². The molecule has 0 aliphatic heterocycles. The lowest BCUT2D eigenvalue weighted by molar-refractivity contribution is 0.371. The molecule has 0 spiro atoms. The van der Waals surface area contributed by atoms with E-state index >= 15 is 0 Å². The quantitative estimate of drug-likeness (QED) is 0.202. The third kappa shape index (κ3) is 11.9. The Morgan fingerprint density at radius 2 is 0.725 bits per heavy atom. The molecule has 0 atom stereocenters. The molecule has 6 heteroatoms. The van der Waals surface area contributed by atoms with Crippen molar-refractivity contribution in [1.29, 1.82) is 0 Å². The fourth-order valence-electron chi connectivity index (χ4n) is 5.50. The Morgan fingerprint density at radius 1 is 0.431 bits per heavy atom. The second-order valence-electron chi connectivity index (χ2n) is 19.9. The summed E-state index contributed by atoms with van der Waals surface area (Å²) in [6.45, 7) is 40.3. The maximum atomic E-state index is 6.90. The van der Waals surface area contributed by atoms with E-state index in [0.29, 0.717) is 0 Å². The van der Waals surface area contributed by atoms with Crippen molar-refractivity contribution in [3.63, 3.8) is 0 Å². The molecule has 0 saturated carbocycles. The van der Waals surface area contributed by atoms with E-state index < -0.39 is 8.60 Å². The Kier molecular flexibility index (Phi) is 12.7. The van der Waals surface area contributed by atoms with Gasteiger partial charge < -0.3 is 18.6 Å². The molecule has 4 aromatic rings. The first kappa shape index (κ1) is 42.1. The number of aromatic amines is 1. The van der Waals surface area contributed by atoms with Crippen molar-refractivity contribution >= 4 is 8.60 Å². The van der Waals surface area contributed by atoms with Gasteiger partial charge in [-0.15, -0.1) is 0 Å². The van der Waals surface area contributed by atoms with Gasteiger partial charge in [0.2, 0.25) is 0 Å². The van der Waals surface area contributed by atoms with Crippen LogP contribution in [0.2, 0.25) is 0 Å². The summed E-state index contributed by atoms with van der Waals surface area (Å²) in [5.74, 6) is 2.37. The normalized spacial score (nSPS) is 13.1. The maximum Gasteiger partial charge on any atom is 0.530 e. The largest absolute Gasteiger partial charge is 0.530 e. The smallest absolute Gasteiger partial charge is 0.408 e. The molecule has 0 amide bonds. The summed E-state index contributed by atoms with van der Waals surface area (Å²) in [6, 6.07) is 19.7. The molecule has 0 unspecified atom stereocenters. The van der Waals surface area contributed by atoms with Gasteiger partial charge in [0.1, 0.15) is 17.2 Å². The van der Waals surface area contributed by atoms with Crippen LogP contribution in [0, 0.1) is 0 Å². The maximum absolute atomic E-state index is 6.90. The van der Waals surface area contributed by atoms with Crippen LogP contribution in [0.15, 0.2) is 73.3 Å². The summed E-state index contributed by atoms with van der Waals surface area (Å²) in [6.07, 6.45) is 5.08. The zero-order valence-electron chi connectivity index (χ0n) is 35.0. The van der Waals surface area contributed by atoms with E-state index in [4.69, 9.17) is 13.6 Å². The SMILES string of the molecule is CC(C)(C)c1ccc(OP(Oc2ccc(C(C)(C)C)cc2C(C)(C)C)Oc2ccc(C(C)(C)C)cc2C(C)(C)C)c(C(C)(C)C)c1.c1c[nH]cn1. The molecule has 0 bridgehead atoms. The molecular formula is C45H67N2O3P. The molecule has 0 aliphatic carbocycles. The number of hydrogen-bond acceptors (Lipinski definition) is 4. The van der Waals surface area contributed by atoms with Crippen molar-refractivity contribution < 1.29 is 13.6 Å². The highest BCUT2D eigenvalue weighted by Crippen LogP contribution is 2.50. The van der Waals surface area contributed by atoms with E-state index in [-0.39, 0.29) is 32.5 Å². The number of hydrogen-bond donors (Lipinski definition) is 1. The monoisotopic (exact) mass is 714 g/mol. The second-order valence-corrected chi connectivity index (χ2v) is 20.9. The van der Waals surface area contributed by atoms with Gasteiger partial charge in [0.25, 0.3) is 0 Å². The van der Waals surface area contributed by atoms with E-state index in [0.717, 1.165) is 33.9 Å². The fourth-order valence-corrected chi connectivity index (χ4v) is 6.57. The Bertz CT molecular complexity index is 1510. The average Bonchev–Trinajstić information content (AvgIpc) is 3.55. The van der Waals surface area contributed by atoms with Crippen LogP contribution < -0.4 is 13.6 Å². The molecule has 1 N–H and O–H groups in total. The molecule has 0 saturated heterocycles. The zero-order valence-corrected chi connectivity index (χ0v) is 35.9. The topological polar surface area (TPSA) is 56.4 Å². The minimum atomic E-state index is -1.89. The molecular weight excluding hydrogens is 647 g/mol. The first-order valence-electron chi connectivity index (χ1n) is 18.3. The lowest BCUT2D eigenvalue weighted by Crippen LogP contribution is -2.20. The van der Waals surface area contributed by atoms with E-state index in [1.165, 1.54) is 16.7 Å². The van der Waals surface area contributed by atoms with Gasteiger partial charge in [-0.05, 0) is 67.4 Å². The van der Waals surface area contributed by atoms with Crippen LogP contribution >= 0.6 is 8.60 Å². The first-order valence-corrected chi connectivity index (χ1v) is 19.4. The molecule has 280 valence electrons. The molecule has 0 fully saturated rings. The van der Waals surface area contributed by atoms with Gasteiger partial charge in [0.05, 0.1) is 6.33 Å². The highest BCUT2D eigenvalue weighted by molar-refractivity contribution is 7.43. The van der Waals surface area contributed by atoms with E-state index in [2.05, 4.69) is 189 Å². The van der Waals surface area contributed by atoms with Crippen LogP contribution in [0.5, 0.6) is 17.2 Å². The van der Waals surface area contributed by atoms with Gasteiger partial charge in [-0.3, -0.25) is 0 Å². The van der Waals surface area contributed by atoms with Gasteiger partial charge in [-0.1, -0.05) is 161 Å². The van der Waals surface area contributed by atoms with Crippen molar-refractivity contribution in [1.82, 2.24) is 9.97 Å². The minimum Gasteiger partial charge on any atom is -0.408 e. The predicted molar refractivity (Wildman–Crippen MR) is 219 cm³/mol. The molecule has 4 rings (SSSR count). The van der Waals surface area contributed by atoms with Crippen molar-refractivity contribution in [2.75, 3.05) is 0 Å². The summed E-state index contributed by atoms with van der Waals surface area (Å²) in [7, 11) is -1.89. The Hall–Kier alpha value is -3.30. The van der Waals surface area contributed by atoms with Gasteiger partial charge in [0.15, 0.2) is 0 Å². The lowest BCUT2D eigenvalue weighted by atomic mass is 9.80. The molecule has 1 heterocycles. The third-order valence-electron chi connectivity index (χ3n) is 8.89. The number of benzene rings is 3. The van der Waals surface area contributed by atoms with E-state index in [9.17, 15) is 0 Å². The van der Waals surface area contributed by atoms with Crippen LogP contribution in [0.3, 0.4) is 0 Å². The number of aromatic nitrogens is 2. The highest BCUT2D eigenvalue weighted by atomic mass is 31.2. The number of imidazole rings is 1. The number of nitrogens with one attached hydrogen (secondary N) is 1. The van der Waals surface area contributed by atoms with Crippen molar-refractivity contribution in [3.05, 3.63) is 107 Å². The van der Waals surface area contributed by atoms with Gasteiger partial charge in [0, 0.05) is 29.1 Å². The van der Waals surface area contributed by atoms with Gasteiger partial charge >= 0.3 is 8.60 Å². The Labute approximate surface area is 312 Å². The summed E-state index contributed by atoms with van der Waals surface area (Å²) >= 11 is 0. The second kappa shape index (κ2) is 15.4. The van der Waals surface area contributed by atoms with Crippen LogP contribution in [0.25, 0.3) is 0 Å². The van der Waals surface area contributed by atoms with Crippen molar-refractivity contribution in [2.45, 2.75) is 157 Å². The molecule has 1 aromatic heterocycles. The van der Waals surface area contributed by atoms with Crippen molar-refractivity contribution in [2.24, 2.45) is 0 Å². The Balaban J connectivity index is 0.00000129. The van der Waals surface area contributed by atoms with Crippen LogP contribution in [0.1, 0.15) is 158 Å². The summed E-state index contributed by atoms with van der Waals surface area (Å²) < 4.78 is 20.7. The molecule has 5 nitrogen and oxygen atoms in total. The number of H-pyrrole nitrogens is 1. The van der Waals surface area contributed by atoms with Crippen LogP contribution in [-0.4, -0.2) is 9.97 Å². The van der Waals surface area contributed by atoms with Crippen molar-refractivity contribution in [3.8, 4) is 17.2 Å². The standard InChI is InChI=1S/C42H63O3P.C3H4N2/c1-37(2,3)28-19-22-34(31(25-28)40(10,11)12)43-46(44-35-23-20-29(38(4,5)6)26-32(35)41(13,14)15)45-36-24-21-30(39(7,8)9)27-33(36)42(16,17)18;1-2-5-3-4-1/h19-27H,1-18H3;1-3H,(H,4,5). The Morgan fingerprint density at radius 3 is 0.902 bits per heavy atom. The predicted octanol–water partition coefficient (Wildman–Crippen LogP) is 13.6. The summed E-state index contributed by atoms with van der Waals surface area (Å²) in [4.78, 5) is 6.42. The first-order chi connectivity index (χ1) is 23.1. The fraction of sp³-hybridized carbons (Fsp3) is 0.533. The molecule has 51 heavy (non-hydrogen) atoms. The summed E-state index contributed by atoms with van der Waals surface area (Å²) in [5, 5.41) is 0. The minimum absolute atomic E-state index is 0.0170. The number of nitrogens with zero attached hydrogens (tertiary/aromatic N) is 1. The molecule has 3 aromatic carbocycles. The lowest BCUT2D eigenvalue weighted by Gasteiger charge is -2.31. The zero-order chi connectivity index (χ0) is 38.8.